The summed E-state index contributed by atoms with van der Waals surface area (Å²) in [5.74, 6) is -1.35. The van der Waals surface area contributed by atoms with Crippen LogP contribution in [-0.4, -0.2) is 73.6 Å². The molecule has 0 aliphatic carbocycles. The Balaban J connectivity index is 0.000000656. The number of hydrogen-bond donors (Lipinski definition) is 2. The van der Waals surface area contributed by atoms with E-state index in [-0.39, 0.29) is 0 Å². The molecule has 0 saturated carbocycles. The van der Waals surface area contributed by atoms with Crippen molar-refractivity contribution in [3.63, 3.8) is 0 Å². The molecule has 0 amide bonds. The largest absolute Gasteiger partial charge is 0.497 e. The summed E-state index contributed by atoms with van der Waals surface area (Å²) in [6.45, 7) is 6.44. The van der Waals surface area contributed by atoms with Gasteiger partial charge in [0.2, 0.25) is 0 Å². The number of carbonyl (C=O) groups is 2. The molecule has 2 rings (SSSR count). The van der Waals surface area contributed by atoms with Gasteiger partial charge in [0.1, 0.15) is 11.5 Å². The summed E-state index contributed by atoms with van der Waals surface area (Å²) in [7, 11) is 3.52. The Labute approximate surface area is 178 Å². The summed E-state index contributed by atoms with van der Waals surface area (Å²) >= 11 is 0. The van der Waals surface area contributed by atoms with Crippen LogP contribution in [0.3, 0.4) is 0 Å². The molecule has 0 radical (unpaired) electrons. The first-order valence-corrected chi connectivity index (χ1v) is 10.4. The molecule has 1 aliphatic rings. The van der Waals surface area contributed by atoms with Crippen molar-refractivity contribution in [2.24, 2.45) is 5.92 Å². The second-order valence-electron chi connectivity index (χ2n) is 7.26. The van der Waals surface area contributed by atoms with Gasteiger partial charge in [-0.1, -0.05) is 25.8 Å². The molecular weight excluding hydrogens is 390 g/mol. The first-order valence-electron chi connectivity index (χ1n) is 10.4. The molecule has 170 valence electrons. The lowest BCUT2D eigenvalue weighted by Crippen LogP contribution is -2.45. The zero-order valence-corrected chi connectivity index (χ0v) is 18.2. The van der Waals surface area contributed by atoms with Crippen LogP contribution in [0.1, 0.15) is 39.0 Å². The lowest BCUT2D eigenvalue weighted by atomic mass is 9.91. The lowest BCUT2D eigenvalue weighted by Gasteiger charge is -2.37. The monoisotopic (exact) mass is 425 g/mol. The highest BCUT2D eigenvalue weighted by atomic mass is 16.5. The van der Waals surface area contributed by atoms with Gasteiger partial charge in [-0.3, -0.25) is 0 Å². The van der Waals surface area contributed by atoms with E-state index >= 15 is 0 Å². The number of benzene rings is 1. The molecule has 1 fully saturated rings. The fourth-order valence-corrected chi connectivity index (χ4v) is 3.43. The molecule has 0 aromatic heterocycles. The van der Waals surface area contributed by atoms with Gasteiger partial charge in [0.05, 0.1) is 19.8 Å². The van der Waals surface area contributed by atoms with E-state index < -0.39 is 11.9 Å². The first kappa shape index (κ1) is 25.7. The normalized spacial score (nSPS) is 18.8. The second kappa shape index (κ2) is 14.6. The van der Waals surface area contributed by atoms with Crippen LogP contribution in [0.5, 0.6) is 11.5 Å². The quantitative estimate of drug-likeness (QED) is 0.435. The molecule has 2 N–H and O–H groups in total. The van der Waals surface area contributed by atoms with Gasteiger partial charge in [-0.2, -0.15) is 0 Å². The van der Waals surface area contributed by atoms with E-state index in [1.54, 1.807) is 7.11 Å². The van der Waals surface area contributed by atoms with Gasteiger partial charge >= 0.3 is 11.9 Å². The van der Waals surface area contributed by atoms with Crippen molar-refractivity contribution in [2.75, 3.05) is 40.5 Å². The number of rotatable bonds is 10. The van der Waals surface area contributed by atoms with E-state index in [2.05, 4.69) is 11.8 Å². The third-order valence-electron chi connectivity index (χ3n) is 5.14. The SMILES string of the molecule is CCCCCN1CC[C@H](CCOc2cccc(OC)c2)[C@@H](OC)C1.O=C(O)C(=O)O. The lowest BCUT2D eigenvalue weighted by molar-refractivity contribution is -0.159. The number of methoxy groups -OCH3 is 2. The highest BCUT2D eigenvalue weighted by molar-refractivity contribution is 6.27. The first-order chi connectivity index (χ1) is 14.4. The summed E-state index contributed by atoms with van der Waals surface area (Å²) in [6.07, 6.45) is 6.48. The molecule has 8 heteroatoms. The predicted molar refractivity (Wildman–Crippen MR) is 113 cm³/mol. The van der Waals surface area contributed by atoms with Crippen molar-refractivity contribution in [3.05, 3.63) is 24.3 Å². The van der Waals surface area contributed by atoms with Crippen molar-refractivity contribution >= 4 is 11.9 Å². The molecule has 0 bridgehead atoms. The number of carboxylic acids is 2. The van der Waals surface area contributed by atoms with Crippen LogP contribution >= 0.6 is 0 Å². The minimum atomic E-state index is -1.82. The van der Waals surface area contributed by atoms with Crippen molar-refractivity contribution in [2.45, 2.75) is 45.1 Å². The third-order valence-corrected chi connectivity index (χ3v) is 5.14. The molecular formula is C22H35NO7. The zero-order chi connectivity index (χ0) is 22.4. The topological polar surface area (TPSA) is 106 Å². The van der Waals surface area contributed by atoms with Crippen molar-refractivity contribution in [1.29, 1.82) is 0 Å². The molecule has 0 spiro atoms. The Morgan fingerprint density at radius 3 is 2.43 bits per heavy atom. The maximum Gasteiger partial charge on any atom is 0.414 e. The molecule has 1 aliphatic heterocycles. The van der Waals surface area contributed by atoms with E-state index in [4.69, 9.17) is 34.0 Å². The average molecular weight is 426 g/mol. The molecule has 1 aromatic carbocycles. The Morgan fingerprint density at radius 2 is 1.83 bits per heavy atom. The fraction of sp³-hybridized carbons (Fsp3) is 0.636. The smallest absolute Gasteiger partial charge is 0.414 e. The van der Waals surface area contributed by atoms with E-state index in [1.807, 2.05) is 31.4 Å². The van der Waals surface area contributed by atoms with Gasteiger partial charge < -0.3 is 29.3 Å². The standard InChI is InChI=1S/C20H33NO3.C2H2O4/c1-4-5-6-12-21-13-10-17(20(16-21)23-3)11-14-24-19-9-7-8-18(15-19)22-2;3-1(4)2(5)6/h7-9,15,17,20H,4-6,10-14,16H2,1-3H3;(H,3,4)(H,5,6)/t17-,20+;/m1./s1. The Hall–Kier alpha value is -2.32. The van der Waals surface area contributed by atoms with E-state index in [1.165, 1.54) is 38.8 Å². The number of aliphatic carboxylic acids is 2. The van der Waals surface area contributed by atoms with Crippen LogP contribution < -0.4 is 9.47 Å². The predicted octanol–water partition coefficient (Wildman–Crippen LogP) is 3.15. The number of hydrogen-bond acceptors (Lipinski definition) is 6. The number of likely N-dealkylation sites (tertiary alicyclic amines) is 1. The second-order valence-corrected chi connectivity index (χ2v) is 7.26. The summed E-state index contributed by atoms with van der Waals surface area (Å²) in [4.78, 5) is 20.8. The van der Waals surface area contributed by atoms with Crippen LogP contribution in [-0.2, 0) is 14.3 Å². The number of piperidine rings is 1. The van der Waals surface area contributed by atoms with Gasteiger partial charge in [0.25, 0.3) is 0 Å². The highest BCUT2D eigenvalue weighted by Crippen LogP contribution is 2.25. The van der Waals surface area contributed by atoms with Crippen LogP contribution in [0.4, 0.5) is 0 Å². The maximum atomic E-state index is 9.10. The Bertz CT molecular complexity index is 626. The van der Waals surface area contributed by atoms with Gasteiger partial charge in [-0.15, -0.1) is 0 Å². The van der Waals surface area contributed by atoms with Crippen LogP contribution in [0.25, 0.3) is 0 Å². The molecule has 30 heavy (non-hydrogen) atoms. The van der Waals surface area contributed by atoms with Crippen molar-refractivity contribution < 1.29 is 34.0 Å². The summed E-state index contributed by atoms with van der Waals surface area (Å²) in [6, 6.07) is 7.81. The third kappa shape index (κ3) is 9.93. The minimum Gasteiger partial charge on any atom is -0.497 e. The Morgan fingerprint density at radius 1 is 1.13 bits per heavy atom. The van der Waals surface area contributed by atoms with Crippen molar-refractivity contribution in [1.82, 2.24) is 4.90 Å². The van der Waals surface area contributed by atoms with Crippen molar-refractivity contribution in [3.8, 4) is 11.5 Å². The number of nitrogens with zero attached hydrogens (tertiary/aromatic N) is 1. The van der Waals surface area contributed by atoms with Gasteiger partial charge in [-0.25, -0.2) is 9.59 Å². The molecule has 8 nitrogen and oxygen atoms in total. The van der Waals surface area contributed by atoms with Gasteiger partial charge in [0.15, 0.2) is 0 Å². The van der Waals surface area contributed by atoms with Crippen LogP contribution in [0.2, 0.25) is 0 Å². The number of ether oxygens (including phenoxy) is 3. The molecule has 2 atom stereocenters. The van der Waals surface area contributed by atoms with Gasteiger partial charge in [-0.05, 0) is 50.4 Å². The van der Waals surface area contributed by atoms with Gasteiger partial charge in [0, 0.05) is 19.7 Å². The number of carboxylic acid groups (broad SMARTS) is 2. The van der Waals surface area contributed by atoms with Crippen LogP contribution in [0.15, 0.2) is 24.3 Å². The Kier molecular flexibility index (Phi) is 12.5. The molecule has 1 saturated heterocycles. The summed E-state index contributed by atoms with van der Waals surface area (Å²) < 4.78 is 16.9. The molecule has 0 unspecified atom stereocenters. The van der Waals surface area contributed by atoms with Crippen LogP contribution in [0, 0.1) is 5.92 Å². The highest BCUT2D eigenvalue weighted by Gasteiger charge is 2.28. The maximum absolute atomic E-state index is 9.10. The summed E-state index contributed by atoms with van der Waals surface area (Å²) in [5.41, 5.74) is 0. The molecule has 1 aromatic rings. The van der Waals surface area contributed by atoms with E-state index in [0.717, 1.165) is 31.1 Å². The fourth-order valence-electron chi connectivity index (χ4n) is 3.43. The average Bonchev–Trinajstić information content (AvgIpc) is 2.75. The number of unbranched alkanes of at least 4 members (excludes halogenated alkanes) is 2. The van der Waals surface area contributed by atoms with E-state index in [0.29, 0.717) is 12.0 Å². The molecule has 1 heterocycles. The zero-order valence-electron chi connectivity index (χ0n) is 18.2. The minimum absolute atomic E-state index is 0.328. The van der Waals surface area contributed by atoms with E-state index in [9.17, 15) is 0 Å². The summed E-state index contributed by atoms with van der Waals surface area (Å²) in [5, 5.41) is 14.8.